The Bertz CT molecular complexity index is 359. The van der Waals surface area contributed by atoms with Crippen molar-refractivity contribution in [3.63, 3.8) is 0 Å². The van der Waals surface area contributed by atoms with Crippen LogP contribution in [-0.4, -0.2) is 31.2 Å². The molecule has 0 fully saturated rings. The Morgan fingerprint density at radius 1 is 1.12 bits per heavy atom. The van der Waals surface area contributed by atoms with Gasteiger partial charge in [0, 0.05) is 5.56 Å². The largest absolute Gasteiger partial charge is 1.00 e. The van der Waals surface area contributed by atoms with Gasteiger partial charge in [0.05, 0.1) is 12.5 Å². The number of carbonyl (C=O) groups is 1. The molecule has 0 aromatic heterocycles. The topological polar surface area (TPSA) is 17.1 Å². The third-order valence-corrected chi connectivity index (χ3v) is 9.08. The number of Topliss-reactive ketones (excluding diaryl/α,β-unsaturated/α-hetero) is 1. The Labute approximate surface area is 115 Å². The highest BCUT2D eigenvalue weighted by atomic mass is 35.5. The van der Waals surface area contributed by atoms with Gasteiger partial charge in [0.2, 0.25) is 5.78 Å². The number of rotatable bonds is 4. The van der Waals surface area contributed by atoms with E-state index in [1.165, 1.54) is 0 Å². The van der Waals surface area contributed by atoms with Gasteiger partial charge >= 0.3 is 0 Å². The summed E-state index contributed by atoms with van der Waals surface area (Å²) in [4.78, 5) is 12.7. The first-order valence-corrected chi connectivity index (χ1v) is 11.2. The Balaban J connectivity index is 0.00000256. The Kier molecular flexibility index (Phi) is 6.52. The maximum absolute atomic E-state index is 12.5. The van der Waals surface area contributed by atoms with E-state index in [1.54, 1.807) is 0 Å². The highest BCUT2D eigenvalue weighted by Gasteiger charge is 2.42. The van der Waals surface area contributed by atoms with Crippen molar-refractivity contribution < 1.29 is 17.2 Å². The number of benzene rings is 1. The fourth-order valence-corrected chi connectivity index (χ4v) is 9.24. The molecule has 0 saturated carbocycles. The SMILES string of the molecule is C[S+](C)C(C(=O)c1ccccc1)[Si](C)(C)C.[Cl-]. The van der Waals surface area contributed by atoms with Crippen LogP contribution in [0, 0.1) is 0 Å². The molecule has 0 radical (unpaired) electrons. The van der Waals surface area contributed by atoms with Gasteiger partial charge in [-0.05, 0) is 10.9 Å². The molecule has 0 aliphatic carbocycles. The number of hydrogen-bond donors (Lipinski definition) is 0. The van der Waals surface area contributed by atoms with E-state index in [2.05, 4.69) is 32.2 Å². The highest BCUT2D eigenvalue weighted by molar-refractivity contribution is 7.98. The fraction of sp³-hybridized carbons (Fsp3) is 0.462. The van der Waals surface area contributed by atoms with E-state index >= 15 is 0 Å². The number of halogens is 1. The van der Waals surface area contributed by atoms with Crippen molar-refractivity contribution in [3.05, 3.63) is 35.9 Å². The molecule has 1 atom stereocenters. The van der Waals surface area contributed by atoms with Gasteiger partial charge < -0.3 is 12.4 Å². The van der Waals surface area contributed by atoms with Crippen molar-refractivity contribution in [1.82, 2.24) is 0 Å². The third kappa shape index (κ3) is 4.49. The van der Waals surface area contributed by atoms with Crippen LogP contribution in [-0.2, 0) is 10.9 Å². The van der Waals surface area contributed by atoms with Crippen LogP contribution in [0.25, 0.3) is 0 Å². The van der Waals surface area contributed by atoms with Crippen LogP contribution in [0.2, 0.25) is 19.6 Å². The standard InChI is InChI=1S/C13H21OSSi.ClH/c1-15(2)13(16(3,4)5)12(14)11-9-7-6-8-10-11;/h6-10,13H,1-5H3;1H/q+1;/p-1. The first-order chi connectivity index (χ1) is 7.34. The molecule has 0 spiro atoms. The first kappa shape index (κ1) is 16.7. The van der Waals surface area contributed by atoms with Gasteiger partial charge in [0.1, 0.15) is 8.07 Å². The lowest BCUT2D eigenvalue weighted by atomic mass is 10.1. The normalized spacial score (nSPS) is 13.1. The zero-order chi connectivity index (χ0) is 12.3. The highest BCUT2D eigenvalue weighted by Crippen LogP contribution is 2.20. The molecule has 1 unspecified atom stereocenters. The molecule has 4 heteroatoms. The average molecular weight is 289 g/mol. The van der Waals surface area contributed by atoms with E-state index < -0.39 is 8.07 Å². The van der Waals surface area contributed by atoms with Crippen LogP contribution < -0.4 is 12.4 Å². The predicted octanol–water partition coefficient (Wildman–Crippen LogP) is -0.00280. The summed E-state index contributed by atoms with van der Waals surface area (Å²) in [7, 11) is -1.27. The molecule has 17 heavy (non-hydrogen) atoms. The van der Waals surface area contributed by atoms with Crippen molar-refractivity contribution in [2.24, 2.45) is 0 Å². The third-order valence-electron chi connectivity index (χ3n) is 2.55. The molecule has 0 bridgehead atoms. The minimum atomic E-state index is -1.43. The van der Waals surface area contributed by atoms with Crippen LogP contribution in [0.4, 0.5) is 0 Å². The van der Waals surface area contributed by atoms with Crippen LogP contribution in [0.1, 0.15) is 10.4 Å². The zero-order valence-corrected chi connectivity index (χ0v) is 13.7. The summed E-state index contributed by atoms with van der Waals surface area (Å²) < 4.78 is 0. The maximum atomic E-state index is 12.5. The maximum Gasteiger partial charge on any atom is 0.210 e. The van der Waals surface area contributed by atoms with Crippen molar-refractivity contribution in [2.75, 3.05) is 12.5 Å². The molecular weight excluding hydrogens is 268 g/mol. The molecule has 1 rings (SSSR count). The molecule has 96 valence electrons. The number of carbonyl (C=O) groups excluding carboxylic acids is 1. The van der Waals surface area contributed by atoms with Crippen molar-refractivity contribution in [1.29, 1.82) is 0 Å². The predicted molar refractivity (Wildman–Crippen MR) is 77.1 cm³/mol. The van der Waals surface area contributed by atoms with Gasteiger partial charge in [-0.15, -0.1) is 0 Å². The van der Waals surface area contributed by atoms with E-state index in [4.69, 9.17) is 0 Å². The number of hydrogen-bond acceptors (Lipinski definition) is 1. The van der Waals surface area contributed by atoms with Crippen LogP contribution >= 0.6 is 0 Å². The van der Waals surface area contributed by atoms with Gasteiger partial charge in [-0.3, -0.25) is 4.79 Å². The lowest BCUT2D eigenvalue weighted by molar-refractivity contribution is -0.0000118. The molecule has 1 aromatic rings. The Morgan fingerprint density at radius 3 is 1.94 bits per heavy atom. The van der Waals surface area contributed by atoms with E-state index in [0.717, 1.165) is 5.56 Å². The van der Waals surface area contributed by atoms with Crippen molar-refractivity contribution >= 4 is 24.8 Å². The summed E-state index contributed by atoms with van der Waals surface area (Å²) in [6.45, 7) is 6.85. The molecule has 1 aromatic carbocycles. The fourth-order valence-electron chi connectivity index (χ4n) is 2.07. The van der Waals surface area contributed by atoms with Crippen LogP contribution in [0.3, 0.4) is 0 Å². The Morgan fingerprint density at radius 2 is 1.59 bits per heavy atom. The van der Waals surface area contributed by atoms with E-state index in [0.29, 0.717) is 5.78 Å². The summed E-state index contributed by atoms with van der Waals surface area (Å²) in [6, 6.07) is 9.71. The summed E-state index contributed by atoms with van der Waals surface area (Å²) in [6.07, 6.45) is 4.37. The molecule has 0 aliphatic heterocycles. The summed E-state index contributed by atoms with van der Waals surface area (Å²) in [5, 5.41) is 0. The lowest BCUT2D eigenvalue weighted by Gasteiger charge is -2.24. The van der Waals surface area contributed by atoms with Gasteiger partial charge in [0.15, 0.2) is 4.87 Å². The molecule has 1 nitrogen and oxygen atoms in total. The van der Waals surface area contributed by atoms with E-state index in [-0.39, 0.29) is 28.2 Å². The lowest BCUT2D eigenvalue weighted by Crippen LogP contribution is -3.00. The minimum Gasteiger partial charge on any atom is -1.00 e. The average Bonchev–Trinajstić information content (AvgIpc) is 2.16. The monoisotopic (exact) mass is 288 g/mol. The molecule has 0 N–H and O–H groups in total. The zero-order valence-electron chi connectivity index (χ0n) is 11.2. The van der Waals surface area contributed by atoms with Gasteiger partial charge in [0.25, 0.3) is 0 Å². The minimum absolute atomic E-state index is 0. The second-order valence-corrected chi connectivity index (χ2v) is 13.3. The van der Waals surface area contributed by atoms with E-state index in [1.807, 2.05) is 30.3 Å². The second kappa shape index (κ2) is 6.62. The number of ketones is 1. The smallest absolute Gasteiger partial charge is 0.210 e. The second-order valence-electron chi connectivity index (χ2n) is 5.36. The molecule has 0 heterocycles. The summed E-state index contributed by atoms with van der Waals surface area (Å²) >= 11 is 0. The van der Waals surface area contributed by atoms with Gasteiger partial charge in [-0.2, -0.15) is 0 Å². The molecule has 0 aliphatic rings. The molecule has 0 amide bonds. The Hall–Kier alpha value is -0.253. The summed E-state index contributed by atoms with van der Waals surface area (Å²) in [5.41, 5.74) is 0.871. The molecular formula is C13H21ClOSSi. The van der Waals surface area contributed by atoms with Crippen molar-refractivity contribution in [2.45, 2.75) is 24.5 Å². The molecule has 0 saturated heterocycles. The van der Waals surface area contributed by atoms with E-state index in [9.17, 15) is 4.79 Å². The van der Waals surface area contributed by atoms with Crippen LogP contribution in [0.5, 0.6) is 0 Å². The van der Waals surface area contributed by atoms with Crippen LogP contribution in [0.15, 0.2) is 30.3 Å². The van der Waals surface area contributed by atoms with Gasteiger partial charge in [-0.25, -0.2) is 0 Å². The summed E-state index contributed by atoms with van der Waals surface area (Å²) in [5.74, 6) is 0.341. The first-order valence-electron chi connectivity index (χ1n) is 5.49. The van der Waals surface area contributed by atoms with Gasteiger partial charge in [-0.1, -0.05) is 50.0 Å². The quantitative estimate of drug-likeness (QED) is 0.433. The van der Waals surface area contributed by atoms with Crippen molar-refractivity contribution in [3.8, 4) is 0 Å².